The van der Waals surface area contributed by atoms with Crippen LogP contribution in [-0.4, -0.2) is 20.1 Å². The maximum absolute atomic E-state index is 12.8. The fourth-order valence-corrected chi connectivity index (χ4v) is 5.48. The van der Waals surface area contributed by atoms with E-state index in [9.17, 15) is 8.42 Å². The average Bonchev–Trinajstić information content (AvgIpc) is 2.96. The molecule has 3 rings (SSSR count). The summed E-state index contributed by atoms with van der Waals surface area (Å²) in [4.78, 5) is 0. The molecule has 0 radical (unpaired) electrons. The van der Waals surface area contributed by atoms with Gasteiger partial charge in [-0.3, -0.25) is 4.31 Å². The van der Waals surface area contributed by atoms with Gasteiger partial charge in [-0.25, -0.2) is 8.42 Å². The van der Waals surface area contributed by atoms with Gasteiger partial charge in [-0.1, -0.05) is 17.7 Å². The van der Waals surface area contributed by atoms with Crippen molar-refractivity contribution < 1.29 is 13.5 Å². The molecule has 2 aromatic rings. The first-order valence-corrected chi connectivity index (χ1v) is 9.15. The Bertz CT molecular complexity index is 765. The van der Waals surface area contributed by atoms with Crippen LogP contribution in [0.1, 0.15) is 23.1 Å². The standard InChI is InChI=1S/C15H17NO3S2/c1-11-4-5-14-13(7-11)3-2-6-16(14)21(18,19)15-8-12(9-17)10-20-15/h4-5,7-8,10,17H,2-3,6,9H2,1H3. The van der Waals surface area contributed by atoms with E-state index in [1.807, 2.05) is 19.1 Å². The second-order valence-electron chi connectivity index (χ2n) is 5.24. The summed E-state index contributed by atoms with van der Waals surface area (Å²) >= 11 is 1.16. The monoisotopic (exact) mass is 323 g/mol. The predicted molar refractivity (Wildman–Crippen MR) is 84.3 cm³/mol. The highest BCUT2D eigenvalue weighted by atomic mass is 32.2. The molecule has 112 valence electrons. The molecular formula is C15H17NO3S2. The van der Waals surface area contributed by atoms with E-state index in [1.165, 1.54) is 4.31 Å². The van der Waals surface area contributed by atoms with Crippen LogP contribution in [0.5, 0.6) is 0 Å². The summed E-state index contributed by atoms with van der Waals surface area (Å²) < 4.78 is 27.4. The lowest BCUT2D eigenvalue weighted by Gasteiger charge is -2.30. The largest absolute Gasteiger partial charge is 0.392 e. The van der Waals surface area contributed by atoms with Crippen molar-refractivity contribution in [3.8, 4) is 0 Å². The Morgan fingerprint density at radius 2 is 2.14 bits per heavy atom. The molecule has 0 saturated carbocycles. The Kier molecular flexibility index (Phi) is 3.77. The van der Waals surface area contributed by atoms with E-state index < -0.39 is 10.0 Å². The first-order chi connectivity index (χ1) is 10.0. The Labute approximate surface area is 128 Å². The number of benzene rings is 1. The molecular weight excluding hydrogens is 306 g/mol. The van der Waals surface area contributed by atoms with Crippen molar-refractivity contribution in [2.24, 2.45) is 0 Å². The Hall–Kier alpha value is -1.37. The van der Waals surface area contributed by atoms with E-state index in [1.54, 1.807) is 11.4 Å². The van der Waals surface area contributed by atoms with Crippen LogP contribution in [0, 0.1) is 6.92 Å². The number of anilines is 1. The molecule has 2 heterocycles. The minimum absolute atomic E-state index is 0.137. The molecule has 0 bridgehead atoms. The van der Waals surface area contributed by atoms with E-state index in [4.69, 9.17) is 5.11 Å². The van der Waals surface area contributed by atoms with Crippen molar-refractivity contribution in [1.29, 1.82) is 0 Å². The van der Waals surface area contributed by atoms with Crippen LogP contribution in [-0.2, 0) is 23.1 Å². The minimum atomic E-state index is -3.54. The summed E-state index contributed by atoms with van der Waals surface area (Å²) in [7, 11) is -3.54. The van der Waals surface area contributed by atoms with Crippen LogP contribution in [0.25, 0.3) is 0 Å². The van der Waals surface area contributed by atoms with Gasteiger partial charge in [-0.15, -0.1) is 11.3 Å². The van der Waals surface area contributed by atoms with Gasteiger partial charge in [0.25, 0.3) is 10.0 Å². The quantitative estimate of drug-likeness (QED) is 0.945. The molecule has 0 atom stereocenters. The van der Waals surface area contributed by atoms with Crippen LogP contribution in [0.4, 0.5) is 5.69 Å². The summed E-state index contributed by atoms with van der Waals surface area (Å²) in [6.07, 6.45) is 1.74. The van der Waals surface area contributed by atoms with Gasteiger partial charge in [0.1, 0.15) is 4.21 Å². The number of hydrogen-bond donors (Lipinski definition) is 1. The fraction of sp³-hybridized carbons (Fsp3) is 0.333. The van der Waals surface area contributed by atoms with Crippen molar-refractivity contribution in [3.05, 3.63) is 46.3 Å². The van der Waals surface area contributed by atoms with Gasteiger partial charge < -0.3 is 5.11 Å². The number of aryl methyl sites for hydroxylation is 2. The molecule has 0 saturated heterocycles. The molecule has 0 unspecified atom stereocenters. The number of sulfonamides is 1. The molecule has 4 nitrogen and oxygen atoms in total. The third-order valence-corrected chi connectivity index (χ3v) is 6.94. The van der Waals surface area contributed by atoms with Crippen LogP contribution in [0.3, 0.4) is 0 Å². The van der Waals surface area contributed by atoms with E-state index in [0.29, 0.717) is 16.3 Å². The molecule has 0 aliphatic carbocycles. The lowest BCUT2D eigenvalue weighted by atomic mass is 10.0. The molecule has 0 fully saturated rings. The van der Waals surface area contributed by atoms with E-state index in [2.05, 4.69) is 6.07 Å². The summed E-state index contributed by atoms with van der Waals surface area (Å²) in [6, 6.07) is 7.45. The van der Waals surface area contributed by atoms with Gasteiger partial charge >= 0.3 is 0 Å². The van der Waals surface area contributed by atoms with Gasteiger partial charge in [0.05, 0.1) is 12.3 Å². The van der Waals surface area contributed by atoms with E-state index >= 15 is 0 Å². The number of rotatable bonds is 3. The summed E-state index contributed by atoms with van der Waals surface area (Å²) in [5, 5.41) is 10.8. The third kappa shape index (κ3) is 2.59. The smallest absolute Gasteiger partial charge is 0.273 e. The molecule has 1 aliphatic heterocycles. The molecule has 0 amide bonds. The average molecular weight is 323 g/mol. The van der Waals surface area contributed by atoms with Gasteiger partial charge in [0, 0.05) is 6.54 Å². The Morgan fingerprint density at radius 1 is 1.33 bits per heavy atom. The maximum atomic E-state index is 12.8. The van der Waals surface area contributed by atoms with Crippen LogP contribution < -0.4 is 4.31 Å². The fourth-order valence-electron chi connectivity index (χ4n) is 2.62. The second kappa shape index (κ2) is 5.44. The molecule has 1 N–H and O–H groups in total. The Balaban J connectivity index is 2.05. The van der Waals surface area contributed by atoms with Crippen molar-refractivity contribution in [1.82, 2.24) is 0 Å². The zero-order chi connectivity index (χ0) is 15.0. The predicted octanol–water partition coefficient (Wildman–Crippen LogP) is 2.69. The van der Waals surface area contributed by atoms with Crippen molar-refractivity contribution in [2.45, 2.75) is 30.6 Å². The van der Waals surface area contributed by atoms with Crippen molar-refractivity contribution in [2.75, 3.05) is 10.8 Å². The summed E-state index contributed by atoms with van der Waals surface area (Å²) in [6.45, 7) is 2.38. The van der Waals surface area contributed by atoms with Crippen molar-refractivity contribution >= 4 is 27.0 Å². The highest BCUT2D eigenvalue weighted by Gasteiger charge is 2.30. The maximum Gasteiger partial charge on any atom is 0.273 e. The van der Waals surface area contributed by atoms with E-state index in [0.717, 1.165) is 41.0 Å². The van der Waals surface area contributed by atoms with E-state index in [-0.39, 0.29) is 6.61 Å². The second-order valence-corrected chi connectivity index (χ2v) is 8.25. The van der Waals surface area contributed by atoms with Gasteiger partial charge in [-0.2, -0.15) is 0 Å². The summed E-state index contributed by atoms with van der Waals surface area (Å²) in [5.41, 5.74) is 3.65. The zero-order valence-corrected chi connectivity index (χ0v) is 13.4. The summed E-state index contributed by atoms with van der Waals surface area (Å²) in [5.74, 6) is 0. The van der Waals surface area contributed by atoms with Gasteiger partial charge in [0.2, 0.25) is 0 Å². The van der Waals surface area contributed by atoms with Crippen LogP contribution >= 0.6 is 11.3 Å². The number of hydrogen-bond acceptors (Lipinski definition) is 4. The number of nitrogens with zero attached hydrogens (tertiary/aromatic N) is 1. The first-order valence-electron chi connectivity index (χ1n) is 6.83. The Morgan fingerprint density at radius 3 is 2.86 bits per heavy atom. The van der Waals surface area contributed by atoms with Gasteiger partial charge in [-0.05, 0) is 48.4 Å². The molecule has 21 heavy (non-hydrogen) atoms. The number of aliphatic hydroxyl groups excluding tert-OH is 1. The topological polar surface area (TPSA) is 57.6 Å². The van der Waals surface area contributed by atoms with Crippen LogP contribution in [0.2, 0.25) is 0 Å². The lowest BCUT2D eigenvalue weighted by Crippen LogP contribution is -2.35. The number of fused-ring (bicyclic) bond motifs is 1. The highest BCUT2D eigenvalue weighted by molar-refractivity contribution is 7.94. The molecule has 1 aliphatic rings. The molecule has 0 spiro atoms. The zero-order valence-electron chi connectivity index (χ0n) is 11.7. The van der Waals surface area contributed by atoms with Crippen molar-refractivity contribution in [3.63, 3.8) is 0 Å². The lowest BCUT2D eigenvalue weighted by molar-refractivity contribution is 0.282. The van der Waals surface area contributed by atoms with Gasteiger partial charge in [0.15, 0.2) is 0 Å². The highest BCUT2D eigenvalue weighted by Crippen LogP contribution is 2.34. The number of thiophene rings is 1. The molecule has 1 aromatic carbocycles. The first kappa shape index (κ1) is 14.6. The normalized spacial score (nSPS) is 15.0. The number of aliphatic hydroxyl groups is 1. The minimum Gasteiger partial charge on any atom is -0.392 e. The third-order valence-electron chi connectivity index (χ3n) is 3.67. The molecule has 1 aromatic heterocycles. The molecule has 6 heteroatoms. The SMILES string of the molecule is Cc1ccc2c(c1)CCCN2S(=O)(=O)c1cc(CO)cs1. The van der Waals surface area contributed by atoms with Crippen LogP contribution in [0.15, 0.2) is 33.9 Å².